The molecule has 2 aromatic carbocycles. The van der Waals surface area contributed by atoms with Crippen LogP contribution in [0.3, 0.4) is 0 Å². The summed E-state index contributed by atoms with van der Waals surface area (Å²) in [7, 11) is 0. The fourth-order valence-electron chi connectivity index (χ4n) is 2.36. The molecule has 0 radical (unpaired) electrons. The summed E-state index contributed by atoms with van der Waals surface area (Å²) in [5.74, 6) is -2.21. The molecule has 0 saturated heterocycles. The van der Waals surface area contributed by atoms with E-state index in [1.807, 2.05) is 0 Å². The predicted octanol–water partition coefficient (Wildman–Crippen LogP) is 4.72. The maximum Gasteiger partial charge on any atom is 0.229 e. The van der Waals surface area contributed by atoms with Crippen LogP contribution in [0.25, 0.3) is 11.3 Å². The number of amides is 1. The first kappa shape index (κ1) is 17.2. The number of hydrogen-bond donors (Lipinski definition) is 1. The second kappa shape index (κ2) is 7.06. The molecular weight excluding hydrogens is 349 g/mol. The van der Waals surface area contributed by atoms with Crippen LogP contribution < -0.4 is 5.32 Å². The van der Waals surface area contributed by atoms with Gasteiger partial charge in [0.2, 0.25) is 5.91 Å². The summed E-state index contributed by atoms with van der Waals surface area (Å²) in [6.45, 7) is 1.80. The summed E-state index contributed by atoms with van der Waals surface area (Å²) in [4.78, 5) is 17.3. The highest BCUT2D eigenvalue weighted by Crippen LogP contribution is 2.29. The molecule has 0 aliphatic heterocycles. The molecule has 3 nitrogen and oxygen atoms in total. The van der Waals surface area contributed by atoms with Crippen molar-refractivity contribution in [2.24, 2.45) is 0 Å². The van der Waals surface area contributed by atoms with Crippen molar-refractivity contribution in [1.82, 2.24) is 4.98 Å². The summed E-state index contributed by atoms with van der Waals surface area (Å²) in [6.07, 6.45) is -0.0475. The first-order valence-electron chi connectivity index (χ1n) is 7.39. The van der Waals surface area contributed by atoms with E-state index in [-0.39, 0.29) is 17.9 Å². The highest BCUT2D eigenvalue weighted by atomic mass is 32.1. The molecule has 0 aliphatic rings. The number of nitrogens with one attached hydrogen (secondary N) is 1. The molecule has 0 saturated carbocycles. The first-order valence-corrected chi connectivity index (χ1v) is 8.21. The van der Waals surface area contributed by atoms with E-state index in [0.717, 1.165) is 23.2 Å². The van der Waals surface area contributed by atoms with Crippen molar-refractivity contribution in [2.45, 2.75) is 13.3 Å². The summed E-state index contributed by atoms with van der Waals surface area (Å²) < 4.78 is 39.9. The minimum atomic E-state index is -0.714. The van der Waals surface area contributed by atoms with Gasteiger partial charge in [-0.15, -0.1) is 11.3 Å². The number of aryl methyl sites for hydroxylation is 1. The molecule has 3 aromatic rings. The van der Waals surface area contributed by atoms with Crippen molar-refractivity contribution >= 4 is 22.9 Å². The molecule has 1 N–H and O–H groups in total. The third-order valence-electron chi connectivity index (χ3n) is 3.45. The van der Waals surface area contributed by atoms with E-state index in [9.17, 15) is 18.0 Å². The van der Waals surface area contributed by atoms with Crippen LogP contribution in [0, 0.1) is 24.4 Å². The molecule has 1 aromatic heterocycles. The number of nitrogens with zero attached hydrogens (tertiary/aromatic N) is 1. The quantitative estimate of drug-likeness (QED) is 0.730. The molecule has 0 unspecified atom stereocenters. The summed E-state index contributed by atoms with van der Waals surface area (Å²) in [6, 6.07) is 8.64. The lowest BCUT2D eigenvalue weighted by molar-refractivity contribution is -0.115. The monoisotopic (exact) mass is 362 g/mol. The van der Waals surface area contributed by atoms with E-state index in [0.29, 0.717) is 16.1 Å². The van der Waals surface area contributed by atoms with Crippen molar-refractivity contribution in [1.29, 1.82) is 0 Å². The summed E-state index contributed by atoms with van der Waals surface area (Å²) in [5.41, 5.74) is 1.05. The zero-order valence-corrected chi connectivity index (χ0v) is 14.0. The Morgan fingerprint density at radius 3 is 2.48 bits per heavy atom. The van der Waals surface area contributed by atoms with Crippen molar-refractivity contribution in [3.63, 3.8) is 0 Å². The van der Waals surface area contributed by atoms with Gasteiger partial charge in [-0.1, -0.05) is 0 Å². The van der Waals surface area contributed by atoms with Crippen LogP contribution in [0.4, 0.5) is 18.9 Å². The number of carbonyl (C=O) groups excluding carboxylic acids is 1. The Morgan fingerprint density at radius 2 is 1.76 bits per heavy atom. The van der Waals surface area contributed by atoms with Crippen molar-refractivity contribution in [3.05, 3.63) is 69.8 Å². The highest BCUT2D eigenvalue weighted by molar-refractivity contribution is 7.12. The Balaban J connectivity index is 1.82. The van der Waals surface area contributed by atoms with Gasteiger partial charge in [0.15, 0.2) is 0 Å². The number of aromatic nitrogens is 1. The molecule has 0 aliphatic carbocycles. The van der Waals surface area contributed by atoms with E-state index in [1.54, 1.807) is 19.1 Å². The number of benzene rings is 2. The second-order valence-corrected chi connectivity index (χ2v) is 6.65. The van der Waals surface area contributed by atoms with Gasteiger partial charge in [-0.25, -0.2) is 18.2 Å². The molecule has 0 spiro atoms. The minimum Gasteiger partial charge on any atom is -0.323 e. The number of thiazole rings is 1. The van der Waals surface area contributed by atoms with E-state index in [4.69, 9.17) is 0 Å². The number of hydrogen-bond acceptors (Lipinski definition) is 3. The Morgan fingerprint density at radius 1 is 1.08 bits per heavy atom. The van der Waals surface area contributed by atoms with Gasteiger partial charge in [-0.05, 0) is 43.3 Å². The van der Waals surface area contributed by atoms with Gasteiger partial charge in [-0.3, -0.25) is 4.79 Å². The Hall–Kier alpha value is -2.67. The van der Waals surface area contributed by atoms with Crippen LogP contribution in [-0.4, -0.2) is 10.9 Å². The summed E-state index contributed by atoms with van der Waals surface area (Å²) in [5, 5.41) is 3.11. The molecule has 0 atom stereocenters. The van der Waals surface area contributed by atoms with E-state index < -0.39 is 17.5 Å². The lowest BCUT2D eigenvalue weighted by atomic mass is 10.1. The predicted molar refractivity (Wildman–Crippen MR) is 90.9 cm³/mol. The topological polar surface area (TPSA) is 42.0 Å². The number of halogens is 3. The Labute approximate surface area is 146 Å². The van der Waals surface area contributed by atoms with Crippen LogP contribution in [0.1, 0.15) is 9.88 Å². The van der Waals surface area contributed by atoms with Crippen LogP contribution >= 0.6 is 11.3 Å². The Kier molecular flexibility index (Phi) is 4.85. The standard InChI is InChI=1S/C18H13F3N2OS/c1-10-22-18(11-2-4-12(19)5-3-11)16(25-10)9-17(24)23-15-8-13(20)6-7-14(15)21/h2-8H,9H2,1H3,(H,23,24). The Bertz CT molecular complexity index is 923. The third-order valence-corrected chi connectivity index (χ3v) is 4.42. The number of anilines is 1. The second-order valence-electron chi connectivity index (χ2n) is 5.36. The fraction of sp³-hybridized carbons (Fsp3) is 0.111. The lowest BCUT2D eigenvalue weighted by Crippen LogP contribution is -2.15. The van der Waals surface area contributed by atoms with Crippen LogP contribution in [0.15, 0.2) is 42.5 Å². The van der Waals surface area contributed by atoms with Gasteiger partial charge >= 0.3 is 0 Å². The molecule has 1 amide bonds. The van der Waals surface area contributed by atoms with Gasteiger partial charge in [0.05, 0.1) is 22.8 Å². The molecule has 25 heavy (non-hydrogen) atoms. The number of carbonyl (C=O) groups is 1. The zero-order valence-electron chi connectivity index (χ0n) is 13.1. The van der Waals surface area contributed by atoms with E-state index >= 15 is 0 Å². The summed E-state index contributed by atoms with van der Waals surface area (Å²) >= 11 is 1.33. The van der Waals surface area contributed by atoms with Gasteiger partial charge in [-0.2, -0.15) is 0 Å². The number of rotatable bonds is 4. The molecule has 0 bridgehead atoms. The normalized spacial score (nSPS) is 10.7. The van der Waals surface area contributed by atoms with Crippen molar-refractivity contribution in [3.8, 4) is 11.3 Å². The largest absolute Gasteiger partial charge is 0.323 e. The van der Waals surface area contributed by atoms with Gasteiger partial charge < -0.3 is 5.32 Å². The maximum atomic E-state index is 13.6. The molecule has 7 heteroatoms. The van der Waals surface area contributed by atoms with Gasteiger partial charge in [0.25, 0.3) is 0 Å². The molecular formula is C18H13F3N2OS. The van der Waals surface area contributed by atoms with Crippen LogP contribution in [0.2, 0.25) is 0 Å². The average Bonchev–Trinajstić information content (AvgIpc) is 2.92. The molecule has 0 fully saturated rings. The lowest BCUT2D eigenvalue weighted by Gasteiger charge is -2.07. The molecule has 3 rings (SSSR count). The van der Waals surface area contributed by atoms with E-state index in [2.05, 4.69) is 10.3 Å². The fourth-order valence-corrected chi connectivity index (χ4v) is 3.31. The van der Waals surface area contributed by atoms with Crippen LogP contribution in [-0.2, 0) is 11.2 Å². The minimum absolute atomic E-state index is 0.0475. The highest BCUT2D eigenvalue weighted by Gasteiger charge is 2.16. The van der Waals surface area contributed by atoms with Crippen LogP contribution in [0.5, 0.6) is 0 Å². The van der Waals surface area contributed by atoms with Gasteiger partial charge in [0.1, 0.15) is 17.5 Å². The van der Waals surface area contributed by atoms with Crippen molar-refractivity contribution in [2.75, 3.05) is 5.32 Å². The zero-order chi connectivity index (χ0) is 18.0. The van der Waals surface area contributed by atoms with E-state index in [1.165, 1.54) is 23.5 Å². The molecule has 128 valence electrons. The third kappa shape index (κ3) is 4.06. The molecule has 1 heterocycles. The maximum absolute atomic E-state index is 13.6. The van der Waals surface area contributed by atoms with Crippen molar-refractivity contribution < 1.29 is 18.0 Å². The first-order chi connectivity index (χ1) is 11.9. The van der Waals surface area contributed by atoms with Gasteiger partial charge in [0, 0.05) is 16.5 Å². The average molecular weight is 362 g/mol. The SMILES string of the molecule is Cc1nc(-c2ccc(F)cc2)c(CC(=O)Nc2cc(F)ccc2F)s1. The smallest absolute Gasteiger partial charge is 0.229 e.